The Kier molecular flexibility index (Phi) is 6.71. The maximum Gasteiger partial charge on any atom is 0.231 e. The number of aromatic nitrogens is 2. The second-order valence-corrected chi connectivity index (χ2v) is 10.0. The maximum absolute atomic E-state index is 13.1. The number of hydrogen-bond acceptors (Lipinski definition) is 7. The van der Waals surface area contributed by atoms with E-state index in [0.29, 0.717) is 15.2 Å². The maximum atomic E-state index is 13.1. The van der Waals surface area contributed by atoms with Gasteiger partial charge in [0.15, 0.2) is 4.34 Å². The molecule has 30 heavy (non-hydrogen) atoms. The SMILES string of the molecule is CC(C)(C)NC(=O)CSc1nnc(NC(=O)[C@@H]2CC(=O)N(c3ccc(F)cc3)C2)s1. The first-order valence-corrected chi connectivity index (χ1v) is 11.0. The number of thioether (sulfide) groups is 1. The Labute approximate surface area is 181 Å². The van der Waals surface area contributed by atoms with Crippen LogP contribution >= 0.6 is 23.1 Å². The first-order chi connectivity index (χ1) is 14.1. The highest BCUT2D eigenvalue weighted by Crippen LogP contribution is 2.28. The molecule has 0 spiro atoms. The van der Waals surface area contributed by atoms with Crippen LogP contribution in [0.5, 0.6) is 0 Å². The van der Waals surface area contributed by atoms with Crippen LogP contribution in [0.4, 0.5) is 15.2 Å². The molecule has 1 aliphatic rings. The van der Waals surface area contributed by atoms with Crippen LogP contribution in [0.2, 0.25) is 0 Å². The number of anilines is 2. The minimum atomic E-state index is -0.542. The molecule has 1 atom stereocenters. The third kappa shape index (κ3) is 5.99. The fraction of sp³-hybridized carbons (Fsp3) is 0.421. The van der Waals surface area contributed by atoms with Gasteiger partial charge in [0.1, 0.15) is 5.82 Å². The zero-order valence-electron chi connectivity index (χ0n) is 16.8. The van der Waals surface area contributed by atoms with Crippen LogP contribution in [-0.4, -0.2) is 45.8 Å². The van der Waals surface area contributed by atoms with Gasteiger partial charge in [-0.25, -0.2) is 4.39 Å². The largest absolute Gasteiger partial charge is 0.351 e. The predicted octanol–water partition coefficient (Wildman–Crippen LogP) is 2.68. The molecule has 0 radical (unpaired) electrons. The summed E-state index contributed by atoms with van der Waals surface area (Å²) in [5, 5.41) is 13.8. The topological polar surface area (TPSA) is 104 Å². The molecule has 1 aromatic carbocycles. The zero-order valence-corrected chi connectivity index (χ0v) is 18.4. The van der Waals surface area contributed by atoms with Crippen LogP contribution in [0, 0.1) is 11.7 Å². The summed E-state index contributed by atoms with van der Waals surface area (Å²) in [4.78, 5) is 38.2. The van der Waals surface area contributed by atoms with Gasteiger partial charge in [-0.15, -0.1) is 10.2 Å². The van der Waals surface area contributed by atoms with Crippen molar-refractivity contribution in [2.75, 3.05) is 22.5 Å². The summed E-state index contributed by atoms with van der Waals surface area (Å²) in [6.07, 6.45) is 0.0661. The highest BCUT2D eigenvalue weighted by atomic mass is 32.2. The van der Waals surface area contributed by atoms with Gasteiger partial charge in [0.2, 0.25) is 22.9 Å². The average Bonchev–Trinajstić information content (AvgIpc) is 3.26. The molecule has 0 aliphatic carbocycles. The molecule has 1 fully saturated rings. The molecular weight excluding hydrogens is 429 g/mol. The van der Waals surface area contributed by atoms with E-state index >= 15 is 0 Å². The molecule has 8 nitrogen and oxygen atoms in total. The van der Waals surface area contributed by atoms with Crippen LogP contribution in [0.3, 0.4) is 0 Å². The lowest BCUT2D eigenvalue weighted by atomic mass is 10.1. The Balaban J connectivity index is 1.52. The lowest BCUT2D eigenvalue weighted by Gasteiger charge is -2.19. The fourth-order valence-corrected chi connectivity index (χ4v) is 4.42. The van der Waals surface area contributed by atoms with Gasteiger partial charge in [0, 0.05) is 24.2 Å². The molecule has 2 aromatic rings. The van der Waals surface area contributed by atoms with E-state index in [1.165, 1.54) is 52.3 Å². The van der Waals surface area contributed by atoms with Crippen molar-refractivity contribution < 1.29 is 18.8 Å². The summed E-state index contributed by atoms with van der Waals surface area (Å²) in [5.41, 5.74) is 0.248. The number of nitrogens with one attached hydrogen (secondary N) is 2. The lowest BCUT2D eigenvalue weighted by molar-refractivity contribution is -0.122. The molecule has 3 amide bonds. The van der Waals surface area contributed by atoms with Gasteiger partial charge in [-0.1, -0.05) is 23.1 Å². The van der Waals surface area contributed by atoms with Gasteiger partial charge < -0.3 is 15.5 Å². The minimum absolute atomic E-state index is 0.0661. The van der Waals surface area contributed by atoms with Gasteiger partial charge in [0.25, 0.3) is 0 Å². The van der Waals surface area contributed by atoms with E-state index in [9.17, 15) is 18.8 Å². The highest BCUT2D eigenvalue weighted by molar-refractivity contribution is 8.01. The highest BCUT2D eigenvalue weighted by Gasteiger charge is 2.35. The van der Waals surface area contributed by atoms with Crippen molar-refractivity contribution in [3.8, 4) is 0 Å². The lowest BCUT2D eigenvalue weighted by Crippen LogP contribution is -2.41. The Bertz CT molecular complexity index is 942. The van der Waals surface area contributed by atoms with E-state index < -0.39 is 5.92 Å². The van der Waals surface area contributed by atoms with E-state index in [4.69, 9.17) is 0 Å². The number of nitrogens with zero attached hydrogens (tertiary/aromatic N) is 3. The number of benzene rings is 1. The van der Waals surface area contributed by atoms with Gasteiger partial charge >= 0.3 is 0 Å². The molecule has 2 heterocycles. The van der Waals surface area contributed by atoms with Gasteiger partial charge in [0.05, 0.1) is 11.7 Å². The van der Waals surface area contributed by atoms with Crippen LogP contribution < -0.4 is 15.5 Å². The van der Waals surface area contributed by atoms with Gasteiger partial charge in [-0.3, -0.25) is 14.4 Å². The standard InChI is InChI=1S/C19H22FN5O3S2/c1-19(2,3)22-14(26)10-29-18-24-23-17(30-18)21-16(28)11-8-15(27)25(9-11)13-6-4-12(20)5-7-13/h4-7,11H,8-10H2,1-3H3,(H,22,26)(H,21,23,28)/t11-/m1/s1. The van der Waals surface area contributed by atoms with Crippen molar-refractivity contribution >= 4 is 51.6 Å². The van der Waals surface area contributed by atoms with Gasteiger partial charge in [-0.2, -0.15) is 0 Å². The molecule has 0 saturated carbocycles. The van der Waals surface area contributed by atoms with E-state index in [0.717, 1.165) is 0 Å². The number of amides is 3. The van der Waals surface area contributed by atoms with Crippen LogP contribution in [-0.2, 0) is 14.4 Å². The monoisotopic (exact) mass is 451 g/mol. The molecule has 11 heteroatoms. The van der Waals surface area contributed by atoms with Crippen LogP contribution in [0.1, 0.15) is 27.2 Å². The normalized spacial score (nSPS) is 16.6. The van der Waals surface area contributed by atoms with Crippen LogP contribution in [0.15, 0.2) is 28.6 Å². The summed E-state index contributed by atoms with van der Waals surface area (Å²) in [6, 6.07) is 5.57. The molecule has 160 valence electrons. The van der Waals surface area contributed by atoms with Crippen molar-refractivity contribution in [2.45, 2.75) is 37.1 Å². The second kappa shape index (κ2) is 9.09. The predicted molar refractivity (Wildman–Crippen MR) is 114 cm³/mol. The summed E-state index contributed by atoms with van der Waals surface area (Å²) in [5.74, 6) is -1.37. The first kappa shape index (κ1) is 22.2. The Morgan fingerprint density at radius 2 is 1.97 bits per heavy atom. The third-order valence-corrected chi connectivity index (χ3v) is 6.08. The van der Waals surface area contributed by atoms with E-state index in [-0.39, 0.29) is 47.8 Å². The minimum Gasteiger partial charge on any atom is -0.351 e. The number of halogens is 1. The smallest absolute Gasteiger partial charge is 0.231 e. The molecule has 2 N–H and O–H groups in total. The molecule has 0 bridgehead atoms. The quantitative estimate of drug-likeness (QED) is 0.517. The van der Waals surface area contributed by atoms with Gasteiger partial charge in [-0.05, 0) is 45.0 Å². The van der Waals surface area contributed by atoms with E-state index in [2.05, 4.69) is 20.8 Å². The number of carbonyl (C=O) groups is 3. The summed E-state index contributed by atoms with van der Waals surface area (Å²) in [7, 11) is 0. The van der Waals surface area contributed by atoms with Crippen molar-refractivity contribution in [1.82, 2.24) is 15.5 Å². The van der Waals surface area contributed by atoms with Crippen molar-refractivity contribution in [2.24, 2.45) is 5.92 Å². The zero-order chi connectivity index (χ0) is 21.9. The number of hydrogen-bond donors (Lipinski definition) is 2. The number of rotatable bonds is 6. The van der Waals surface area contributed by atoms with Crippen LogP contribution in [0.25, 0.3) is 0 Å². The summed E-state index contributed by atoms with van der Waals surface area (Å²) >= 11 is 2.41. The molecule has 1 aromatic heterocycles. The first-order valence-electron chi connectivity index (χ1n) is 9.25. The van der Waals surface area contributed by atoms with Crippen molar-refractivity contribution in [3.05, 3.63) is 30.1 Å². The molecular formula is C19H22FN5O3S2. The third-order valence-electron chi connectivity index (χ3n) is 4.11. The number of carbonyl (C=O) groups excluding carboxylic acids is 3. The van der Waals surface area contributed by atoms with Crippen molar-refractivity contribution in [1.29, 1.82) is 0 Å². The molecule has 0 unspecified atom stereocenters. The summed E-state index contributed by atoms with van der Waals surface area (Å²) < 4.78 is 13.6. The molecule has 1 aliphatic heterocycles. The second-order valence-electron chi connectivity index (χ2n) is 7.83. The Morgan fingerprint density at radius 3 is 2.63 bits per heavy atom. The Hall–Kier alpha value is -2.53. The fourth-order valence-electron chi connectivity index (χ4n) is 2.86. The van der Waals surface area contributed by atoms with E-state index in [1.807, 2.05) is 20.8 Å². The average molecular weight is 452 g/mol. The summed E-state index contributed by atoms with van der Waals surface area (Å²) in [6.45, 7) is 5.92. The molecule has 3 rings (SSSR count). The van der Waals surface area contributed by atoms with E-state index in [1.54, 1.807) is 0 Å². The van der Waals surface area contributed by atoms with Crippen molar-refractivity contribution in [3.63, 3.8) is 0 Å². The molecule has 1 saturated heterocycles. The Morgan fingerprint density at radius 1 is 1.27 bits per heavy atom.